The summed E-state index contributed by atoms with van der Waals surface area (Å²) in [7, 11) is 1.64. The van der Waals surface area contributed by atoms with Gasteiger partial charge in [0.05, 0.1) is 10.9 Å². The van der Waals surface area contributed by atoms with E-state index in [1.54, 1.807) is 29.9 Å². The number of carbonyl (C=O) groups is 1. The molecular weight excluding hydrogens is 422 g/mol. The van der Waals surface area contributed by atoms with Crippen LogP contribution >= 0.6 is 12.2 Å². The summed E-state index contributed by atoms with van der Waals surface area (Å²) < 4.78 is 7.01. The van der Waals surface area contributed by atoms with Crippen molar-refractivity contribution >= 4 is 29.0 Å². The number of carbonyl (C=O) groups excluding carboxylic acids is 1. The smallest absolute Gasteiger partial charge is 0.262 e. The third kappa shape index (κ3) is 3.83. The van der Waals surface area contributed by atoms with Gasteiger partial charge in [-0.05, 0) is 105 Å². The van der Waals surface area contributed by atoms with E-state index in [0.29, 0.717) is 40.8 Å². The summed E-state index contributed by atoms with van der Waals surface area (Å²) in [5.74, 6) is 2.49. The molecule has 4 aliphatic carbocycles. The van der Waals surface area contributed by atoms with E-state index in [1.165, 1.54) is 38.5 Å². The highest BCUT2D eigenvalue weighted by atomic mass is 32.1. The Morgan fingerprint density at radius 1 is 1.25 bits per heavy atom. The van der Waals surface area contributed by atoms with Crippen molar-refractivity contribution in [3.05, 3.63) is 38.9 Å². The van der Waals surface area contributed by atoms with E-state index in [4.69, 9.17) is 17.0 Å². The molecule has 2 N–H and O–H groups in total. The van der Waals surface area contributed by atoms with Gasteiger partial charge in [-0.1, -0.05) is 0 Å². The topological polar surface area (TPSA) is 76.1 Å². The van der Waals surface area contributed by atoms with Crippen molar-refractivity contribution in [1.82, 2.24) is 14.9 Å². The highest BCUT2D eigenvalue weighted by Crippen LogP contribution is 2.61. The number of aromatic nitrogens is 2. The predicted molar refractivity (Wildman–Crippen MR) is 127 cm³/mol. The second-order valence-corrected chi connectivity index (χ2v) is 10.9. The number of fused-ring (bicyclic) bond motifs is 1. The van der Waals surface area contributed by atoms with Gasteiger partial charge in [-0.2, -0.15) is 0 Å². The molecule has 0 saturated heterocycles. The van der Waals surface area contributed by atoms with E-state index in [-0.39, 0.29) is 22.9 Å². The lowest BCUT2D eigenvalue weighted by Gasteiger charge is -2.59. The number of H-pyrrole nitrogens is 1. The zero-order chi connectivity index (χ0) is 22.5. The van der Waals surface area contributed by atoms with Crippen LogP contribution in [0.25, 0.3) is 10.9 Å². The quantitative estimate of drug-likeness (QED) is 0.478. The van der Waals surface area contributed by atoms with E-state index in [9.17, 15) is 9.59 Å². The molecule has 4 aliphatic rings. The molecule has 0 aliphatic heterocycles. The Bertz CT molecular complexity index is 1120. The number of benzene rings is 1. The van der Waals surface area contributed by atoms with E-state index < -0.39 is 0 Å². The molecule has 1 aromatic carbocycles. The number of hydrogen-bond donors (Lipinski definition) is 2. The molecule has 4 bridgehead atoms. The van der Waals surface area contributed by atoms with Gasteiger partial charge < -0.3 is 15.0 Å². The summed E-state index contributed by atoms with van der Waals surface area (Å²) in [6.07, 6.45) is 8.67. The number of nitrogens with one attached hydrogen (secondary N) is 2. The molecule has 1 aromatic heterocycles. The first-order valence-corrected chi connectivity index (χ1v) is 12.4. The highest BCUT2D eigenvalue weighted by Gasteiger charge is 2.53. The maximum atomic E-state index is 13.2. The van der Waals surface area contributed by atoms with E-state index >= 15 is 0 Å². The Hall–Kier alpha value is -1.99. The lowest BCUT2D eigenvalue weighted by atomic mass is 9.48. The zero-order valence-corrected chi connectivity index (χ0v) is 19.8. The van der Waals surface area contributed by atoms with Gasteiger partial charge in [-0.25, -0.2) is 0 Å². The first-order chi connectivity index (χ1) is 15.4. The van der Waals surface area contributed by atoms with Crippen LogP contribution in [0.2, 0.25) is 0 Å². The van der Waals surface area contributed by atoms with Crippen LogP contribution in [-0.2, 0) is 11.3 Å². The van der Waals surface area contributed by atoms with Gasteiger partial charge in [0.1, 0.15) is 0 Å². The highest BCUT2D eigenvalue weighted by molar-refractivity contribution is 7.71. The fourth-order valence-electron chi connectivity index (χ4n) is 7.11. The minimum atomic E-state index is -0.131. The molecule has 1 heterocycles. The lowest BCUT2D eigenvalue weighted by molar-refractivity contribution is -0.0688. The van der Waals surface area contributed by atoms with E-state index in [1.807, 2.05) is 0 Å². The van der Waals surface area contributed by atoms with Crippen LogP contribution in [0.5, 0.6) is 0 Å². The van der Waals surface area contributed by atoms with Crippen LogP contribution in [0.4, 0.5) is 0 Å². The molecule has 172 valence electrons. The number of methoxy groups -OCH3 is 1. The average Bonchev–Trinajstić information content (AvgIpc) is 2.74. The van der Waals surface area contributed by atoms with Crippen molar-refractivity contribution in [2.45, 2.75) is 64.5 Å². The third-order valence-corrected chi connectivity index (χ3v) is 8.65. The molecule has 1 amide bonds. The summed E-state index contributed by atoms with van der Waals surface area (Å²) in [5, 5.41) is 3.86. The largest absolute Gasteiger partial charge is 0.385 e. The van der Waals surface area contributed by atoms with Gasteiger partial charge in [-0.15, -0.1) is 0 Å². The van der Waals surface area contributed by atoms with Gasteiger partial charge >= 0.3 is 0 Å². The molecule has 6 nitrogen and oxygen atoms in total. The number of aromatic amines is 1. The second kappa shape index (κ2) is 8.41. The van der Waals surface area contributed by atoms with Crippen LogP contribution < -0.4 is 10.9 Å². The predicted octanol–water partition coefficient (Wildman–Crippen LogP) is 4.43. The molecule has 4 saturated carbocycles. The first-order valence-electron chi connectivity index (χ1n) is 12.0. The van der Waals surface area contributed by atoms with E-state index in [2.05, 4.69) is 17.2 Å². The zero-order valence-electron chi connectivity index (χ0n) is 19.0. The van der Waals surface area contributed by atoms with Crippen molar-refractivity contribution in [2.75, 3.05) is 13.7 Å². The Labute approximate surface area is 193 Å². The molecule has 0 radical (unpaired) electrons. The number of ether oxygens (including phenoxy) is 1. The fraction of sp³-hybridized carbons (Fsp3) is 0.640. The third-order valence-electron chi connectivity index (χ3n) is 8.33. The molecule has 1 unspecified atom stereocenters. The van der Waals surface area contributed by atoms with Crippen molar-refractivity contribution < 1.29 is 9.53 Å². The second-order valence-electron chi connectivity index (χ2n) is 10.5. The standard InChI is InChI=1S/C25H33N3O3S/c1-15(25-12-16-8-17(13-25)10-18(9-16)14-25)26-22(29)19-4-5-20-21(11-19)27-24(32)28(23(20)30)6-3-7-31-2/h4-5,11,15-18H,3,6-10,12-14H2,1-2H3,(H,26,29)(H,27,32). The van der Waals surface area contributed by atoms with Crippen LogP contribution in [0.1, 0.15) is 62.2 Å². The molecule has 32 heavy (non-hydrogen) atoms. The van der Waals surface area contributed by atoms with Crippen molar-refractivity contribution in [2.24, 2.45) is 23.2 Å². The summed E-state index contributed by atoms with van der Waals surface area (Å²) in [5.41, 5.74) is 1.31. The summed E-state index contributed by atoms with van der Waals surface area (Å²) in [4.78, 5) is 29.2. The molecule has 0 spiro atoms. The summed E-state index contributed by atoms with van der Waals surface area (Å²) in [6.45, 7) is 3.27. The maximum absolute atomic E-state index is 13.2. The van der Waals surface area contributed by atoms with Crippen molar-refractivity contribution in [3.8, 4) is 0 Å². The van der Waals surface area contributed by atoms with Gasteiger partial charge in [0.25, 0.3) is 11.5 Å². The number of hydrogen-bond acceptors (Lipinski definition) is 4. The SMILES string of the molecule is COCCCn1c(=S)[nH]c2cc(C(=O)NC(C)C34CC5CC(CC(C5)C3)C4)ccc2c1=O. The van der Waals surface area contributed by atoms with Crippen LogP contribution in [-0.4, -0.2) is 35.2 Å². The molecular formula is C25H33N3O3S. The minimum Gasteiger partial charge on any atom is -0.385 e. The molecule has 6 rings (SSSR count). The van der Waals surface area contributed by atoms with Crippen LogP contribution in [0, 0.1) is 27.9 Å². The number of rotatable bonds is 7. The van der Waals surface area contributed by atoms with Gasteiger partial charge in [0.15, 0.2) is 4.77 Å². The number of nitrogens with zero attached hydrogens (tertiary/aromatic N) is 1. The van der Waals surface area contributed by atoms with Crippen LogP contribution in [0.15, 0.2) is 23.0 Å². The van der Waals surface area contributed by atoms with Crippen molar-refractivity contribution in [3.63, 3.8) is 0 Å². The lowest BCUT2D eigenvalue weighted by Crippen LogP contribution is -2.55. The first kappa shape index (κ1) is 21.8. The molecule has 7 heteroatoms. The Kier molecular flexibility index (Phi) is 5.74. The molecule has 2 aromatic rings. The fourth-order valence-corrected chi connectivity index (χ4v) is 7.39. The number of amides is 1. The monoisotopic (exact) mass is 455 g/mol. The summed E-state index contributed by atoms with van der Waals surface area (Å²) >= 11 is 5.41. The summed E-state index contributed by atoms with van der Waals surface area (Å²) in [6, 6.07) is 5.40. The van der Waals surface area contributed by atoms with E-state index in [0.717, 1.165) is 17.8 Å². The normalized spacial score (nSPS) is 29.4. The Morgan fingerprint density at radius 2 is 1.91 bits per heavy atom. The maximum Gasteiger partial charge on any atom is 0.262 e. The Morgan fingerprint density at radius 3 is 2.53 bits per heavy atom. The average molecular weight is 456 g/mol. The van der Waals surface area contributed by atoms with Gasteiger partial charge in [0, 0.05) is 31.9 Å². The molecule has 4 fully saturated rings. The Balaban J connectivity index is 1.35. The van der Waals surface area contributed by atoms with Gasteiger partial charge in [0.2, 0.25) is 0 Å². The minimum absolute atomic E-state index is 0.0706. The van der Waals surface area contributed by atoms with Crippen LogP contribution in [0.3, 0.4) is 0 Å². The van der Waals surface area contributed by atoms with Gasteiger partial charge in [-0.3, -0.25) is 14.2 Å². The van der Waals surface area contributed by atoms with Crippen molar-refractivity contribution in [1.29, 1.82) is 0 Å². The molecule has 1 atom stereocenters.